The molecular weight excluding hydrogens is 390 g/mol. The van der Waals surface area contributed by atoms with E-state index in [1.807, 2.05) is 43.3 Å². The van der Waals surface area contributed by atoms with Gasteiger partial charge in [0.2, 0.25) is 0 Å². The lowest BCUT2D eigenvalue weighted by molar-refractivity contribution is 0.0951. The molecule has 0 aliphatic heterocycles. The molecule has 3 rings (SSSR count). The van der Waals surface area contributed by atoms with Crippen molar-refractivity contribution >= 4 is 16.8 Å². The van der Waals surface area contributed by atoms with E-state index in [-0.39, 0.29) is 5.91 Å². The molecule has 1 heterocycles. The van der Waals surface area contributed by atoms with Crippen LogP contribution in [0, 0.1) is 13.8 Å². The van der Waals surface area contributed by atoms with Gasteiger partial charge in [-0.05, 0) is 68.4 Å². The zero-order chi connectivity index (χ0) is 22.4. The number of likely N-dealkylation sites (N-methyl/N-ethyl adjacent to an activating group) is 1. The topological polar surface area (TPSA) is 66.6 Å². The number of nitrogens with one attached hydrogen (secondary N) is 2. The summed E-state index contributed by atoms with van der Waals surface area (Å²) in [6, 6.07) is 11.5. The summed E-state index contributed by atoms with van der Waals surface area (Å²) in [5, 5.41) is 4.08. The number of aryl methyl sites for hydroxylation is 2. The lowest BCUT2D eigenvalue weighted by Gasteiger charge is -2.19. The highest BCUT2D eigenvalue weighted by Gasteiger charge is 2.11. The fraction of sp³-hybridized carbons (Fsp3) is 0.400. The molecule has 0 fully saturated rings. The molecule has 0 aliphatic rings. The van der Waals surface area contributed by atoms with Gasteiger partial charge in [-0.2, -0.15) is 0 Å². The van der Waals surface area contributed by atoms with Gasteiger partial charge in [0.15, 0.2) is 11.5 Å². The van der Waals surface area contributed by atoms with Crippen molar-refractivity contribution in [2.45, 2.75) is 34.2 Å². The second kappa shape index (κ2) is 10.4. The summed E-state index contributed by atoms with van der Waals surface area (Å²) in [7, 11) is 1.63. The Morgan fingerprint density at radius 2 is 1.84 bits per heavy atom. The maximum atomic E-state index is 12.7. The molecule has 166 valence electrons. The number of rotatable bonds is 10. The van der Waals surface area contributed by atoms with E-state index in [0.717, 1.165) is 41.8 Å². The van der Waals surface area contributed by atoms with Crippen molar-refractivity contribution < 1.29 is 14.3 Å². The number of amides is 1. The lowest BCUT2D eigenvalue weighted by Crippen LogP contribution is -2.28. The van der Waals surface area contributed by atoms with Crippen molar-refractivity contribution in [2.24, 2.45) is 0 Å². The summed E-state index contributed by atoms with van der Waals surface area (Å²) >= 11 is 0. The predicted molar refractivity (Wildman–Crippen MR) is 125 cm³/mol. The van der Waals surface area contributed by atoms with Gasteiger partial charge < -0.3 is 24.7 Å². The van der Waals surface area contributed by atoms with Gasteiger partial charge in [-0.3, -0.25) is 4.79 Å². The minimum absolute atomic E-state index is 0.0985. The first-order valence-electron chi connectivity index (χ1n) is 10.9. The summed E-state index contributed by atoms with van der Waals surface area (Å²) in [5.41, 5.74) is 4.95. The van der Waals surface area contributed by atoms with Crippen molar-refractivity contribution in [1.82, 2.24) is 15.2 Å². The molecule has 0 unspecified atom stereocenters. The van der Waals surface area contributed by atoms with E-state index in [1.165, 1.54) is 5.56 Å². The molecule has 2 N–H and O–H groups in total. The lowest BCUT2D eigenvalue weighted by atomic mass is 10.1. The SMILES string of the molecule is CCN(CC)CCOc1ccc(CNC(=O)c2ccc3[nH]c(C)c(C)c3c2)cc1OC. The fourth-order valence-electron chi connectivity index (χ4n) is 3.65. The number of hydrogen-bond donors (Lipinski definition) is 2. The summed E-state index contributed by atoms with van der Waals surface area (Å²) in [5.74, 6) is 1.29. The third-order valence-electron chi connectivity index (χ3n) is 5.81. The number of nitrogens with zero attached hydrogens (tertiary/aromatic N) is 1. The number of fused-ring (bicyclic) bond motifs is 1. The van der Waals surface area contributed by atoms with E-state index in [1.54, 1.807) is 7.11 Å². The van der Waals surface area contributed by atoms with Crippen LogP contribution in [0.25, 0.3) is 10.9 Å². The van der Waals surface area contributed by atoms with Crippen LogP contribution in [0.15, 0.2) is 36.4 Å². The van der Waals surface area contributed by atoms with Crippen LogP contribution in [0.4, 0.5) is 0 Å². The minimum atomic E-state index is -0.0985. The molecule has 2 aromatic carbocycles. The quantitative estimate of drug-likeness (QED) is 0.506. The Bertz CT molecular complexity index is 1040. The van der Waals surface area contributed by atoms with Gasteiger partial charge in [-0.15, -0.1) is 0 Å². The molecule has 0 saturated carbocycles. The second-order valence-electron chi connectivity index (χ2n) is 7.68. The first kappa shape index (κ1) is 22.7. The van der Waals surface area contributed by atoms with Crippen LogP contribution in [-0.2, 0) is 6.54 Å². The maximum absolute atomic E-state index is 12.7. The summed E-state index contributed by atoms with van der Waals surface area (Å²) in [4.78, 5) is 18.3. The third kappa shape index (κ3) is 5.39. The average Bonchev–Trinajstić information content (AvgIpc) is 3.08. The number of benzene rings is 2. The van der Waals surface area contributed by atoms with Gasteiger partial charge in [0, 0.05) is 35.2 Å². The summed E-state index contributed by atoms with van der Waals surface area (Å²) in [6.07, 6.45) is 0. The maximum Gasteiger partial charge on any atom is 0.251 e. The zero-order valence-electron chi connectivity index (χ0n) is 19.2. The van der Waals surface area contributed by atoms with Crippen LogP contribution in [0.5, 0.6) is 11.5 Å². The van der Waals surface area contributed by atoms with Gasteiger partial charge in [0.05, 0.1) is 7.11 Å². The Balaban J connectivity index is 1.62. The Hall–Kier alpha value is -2.99. The van der Waals surface area contributed by atoms with Gasteiger partial charge in [-0.25, -0.2) is 0 Å². The number of H-pyrrole nitrogens is 1. The summed E-state index contributed by atoms with van der Waals surface area (Å²) < 4.78 is 11.4. The minimum Gasteiger partial charge on any atom is -0.493 e. The normalized spacial score (nSPS) is 11.2. The molecule has 0 radical (unpaired) electrons. The number of hydrogen-bond acceptors (Lipinski definition) is 4. The largest absolute Gasteiger partial charge is 0.493 e. The second-order valence-corrected chi connectivity index (χ2v) is 7.68. The molecular formula is C25H33N3O3. The third-order valence-corrected chi connectivity index (χ3v) is 5.81. The van der Waals surface area contributed by atoms with Crippen molar-refractivity contribution in [3.05, 3.63) is 58.8 Å². The molecule has 0 saturated heterocycles. The number of methoxy groups -OCH3 is 1. The molecule has 0 spiro atoms. The Labute approximate surface area is 184 Å². The fourth-order valence-corrected chi connectivity index (χ4v) is 3.65. The standard InChI is InChI=1S/C25H33N3O3/c1-6-28(7-2)12-13-31-23-11-8-19(14-24(23)30-5)16-26-25(29)20-9-10-22-21(15-20)17(3)18(4)27-22/h8-11,14-15,27H,6-7,12-13,16H2,1-5H3,(H,26,29). The predicted octanol–water partition coefficient (Wildman–Crippen LogP) is 4.44. The van der Waals surface area contributed by atoms with Gasteiger partial charge in [0.1, 0.15) is 6.61 Å². The smallest absolute Gasteiger partial charge is 0.251 e. The number of carbonyl (C=O) groups is 1. The molecule has 3 aromatic rings. The Morgan fingerprint density at radius 3 is 2.55 bits per heavy atom. The molecule has 6 nitrogen and oxygen atoms in total. The molecule has 0 aliphatic carbocycles. The Kier molecular flexibility index (Phi) is 7.58. The summed E-state index contributed by atoms with van der Waals surface area (Å²) in [6.45, 7) is 12.3. The van der Waals surface area contributed by atoms with Gasteiger partial charge in [-0.1, -0.05) is 19.9 Å². The number of carbonyl (C=O) groups excluding carboxylic acids is 1. The highest BCUT2D eigenvalue weighted by atomic mass is 16.5. The van der Waals surface area contributed by atoms with Crippen molar-refractivity contribution in [2.75, 3.05) is 33.4 Å². The van der Waals surface area contributed by atoms with E-state index in [0.29, 0.717) is 30.2 Å². The number of ether oxygens (including phenoxy) is 2. The first-order valence-corrected chi connectivity index (χ1v) is 10.9. The van der Waals surface area contributed by atoms with Gasteiger partial charge >= 0.3 is 0 Å². The molecule has 31 heavy (non-hydrogen) atoms. The van der Waals surface area contributed by atoms with Crippen LogP contribution in [0.3, 0.4) is 0 Å². The van der Waals surface area contributed by atoms with Crippen LogP contribution in [0.2, 0.25) is 0 Å². The van der Waals surface area contributed by atoms with Crippen LogP contribution in [0.1, 0.15) is 41.0 Å². The van der Waals surface area contributed by atoms with Gasteiger partial charge in [0.25, 0.3) is 5.91 Å². The van der Waals surface area contributed by atoms with E-state index in [2.05, 4.69) is 36.0 Å². The van der Waals surface area contributed by atoms with Crippen molar-refractivity contribution in [3.8, 4) is 11.5 Å². The highest BCUT2D eigenvalue weighted by molar-refractivity contribution is 5.99. The van der Waals surface area contributed by atoms with E-state index >= 15 is 0 Å². The molecule has 0 bridgehead atoms. The van der Waals surface area contributed by atoms with Crippen LogP contribution >= 0.6 is 0 Å². The zero-order valence-corrected chi connectivity index (χ0v) is 19.2. The van der Waals surface area contributed by atoms with E-state index in [4.69, 9.17) is 9.47 Å². The molecule has 1 aromatic heterocycles. The van der Waals surface area contributed by atoms with E-state index in [9.17, 15) is 4.79 Å². The monoisotopic (exact) mass is 423 g/mol. The van der Waals surface area contributed by atoms with Crippen LogP contribution < -0.4 is 14.8 Å². The number of aromatic nitrogens is 1. The first-order chi connectivity index (χ1) is 15.0. The number of aromatic amines is 1. The van der Waals surface area contributed by atoms with Crippen molar-refractivity contribution in [3.63, 3.8) is 0 Å². The Morgan fingerprint density at radius 1 is 1.06 bits per heavy atom. The van der Waals surface area contributed by atoms with Crippen LogP contribution in [-0.4, -0.2) is 49.1 Å². The highest BCUT2D eigenvalue weighted by Crippen LogP contribution is 2.28. The molecule has 6 heteroatoms. The van der Waals surface area contributed by atoms with E-state index < -0.39 is 0 Å². The van der Waals surface area contributed by atoms with Crippen molar-refractivity contribution in [1.29, 1.82) is 0 Å². The molecule has 1 amide bonds. The molecule has 0 atom stereocenters. The average molecular weight is 424 g/mol.